The summed E-state index contributed by atoms with van der Waals surface area (Å²) in [6, 6.07) is 7.32. The summed E-state index contributed by atoms with van der Waals surface area (Å²) in [6.45, 7) is 3.84. The number of benzene rings is 1. The summed E-state index contributed by atoms with van der Waals surface area (Å²) in [4.78, 5) is 11.3. The molecule has 0 bridgehead atoms. The molecule has 0 saturated carbocycles. The van der Waals surface area contributed by atoms with Crippen LogP contribution in [0.25, 0.3) is 6.08 Å². The lowest BCUT2D eigenvalue weighted by Crippen LogP contribution is -2.11. The highest BCUT2D eigenvalue weighted by Gasteiger charge is 2.03. The minimum absolute atomic E-state index is 0.0435. The molecule has 0 heterocycles. The second-order valence-corrected chi connectivity index (χ2v) is 3.66. The molecule has 0 amide bonds. The minimum Gasteiger partial charge on any atom is -0.460 e. The van der Waals surface area contributed by atoms with Crippen LogP contribution in [0.15, 0.2) is 30.3 Å². The van der Waals surface area contributed by atoms with E-state index in [-0.39, 0.29) is 12.1 Å². The first-order valence-electron chi connectivity index (χ1n) is 5.36. The van der Waals surface area contributed by atoms with E-state index in [2.05, 4.69) is 0 Å². The van der Waals surface area contributed by atoms with Crippen LogP contribution in [-0.4, -0.2) is 12.1 Å². The molecule has 0 aliphatic rings. The van der Waals surface area contributed by atoms with Crippen LogP contribution in [0.1, 0.15) is 25.8 Å². The van der Waals surface area contributed by atoms with Gasteiger partial charge in [0.05, 0.1) is 6.10 Å². The average Bonchev–Trinajstić information content (AvgIpc) is 2.26. The molecular formula is C13H17NO2. The van der Waals surface area contributed by atoms with Crippen LogP contribution in [0.4, 0.5) is 5.69 Å². The summed E-state index contributed by atoms with van der Waals surface area (Å²) in [5.41, 5.74) is 7.19. The van der Waals surface area contributed by atoms with Gasteiger partial charge in [0, 0.05) is 11.8 Å². The van der Waals surface area contributed by atoms with Crippen molar-refractivity contribution in [2.45, 2.75) is 26.4 Å². The molecule has 3 nitrogen and oxygen atoms in total. The number of rotatable bonds is 4. The Hall–Kier alpha value is -1.77. The summed E-state index contributed by atoms with van der Waals surface area (Å²) in [5.74, 6) is -0.322. The number of carbonyl (C=O) groups excluding carboxylic acids is 1. The Morgan fingerprint density at radius 2 is 2.31 bits per heavy atom. The summed E-state index contributed by atoms with van der Waals surface area (Å²) < 4.78 is 5.09. The molecule has 1 aromatic carbocycles. The molecule has 1 aromatic rings. The third kappa shape index (κ3) is 4.17. The molecule has 1 unspecified atom stereocenters. The molecule has 0 fully saturated rings. The first-order valence-corrected chi connectivity index (χ1v) is 5.36. The molecule has 0 aliphatic carbocycles. The van der Waals surface area contributed by atoms with Gasteiger partial charge in [-0.2, -0.15) is 0 Å². The normalized spacial score (nSPS) is 12.6. The maximum Gasteiger partial charge on any atom is 0.331 e. The topological polar surface area (TPSA) is 52.3 Å². The largest absolute Gasteiger partial charge is 0.460 e. The van der Waals surface area contributed by atoms with Crippen molar-refractivity contribution >= 4 is 17.7 Å². The van der Waals surface area contributed by atoms with Gasteiger partial charge in [0.25, 0.3) is 0 Å². The highest BCUT2D eigenvalue weighted by atomic mass is 16.5. The number of nitrogens with two attached hydrogens (primary N) is 1. The quantitative estimate of drug-likeness (QED) is 0.481. The van der Waals surface area contributed by atoms with Gasteiger partial charge >= 0.3 is 5.97 Å². The second-order valence-electron chi connectivity index (χ2n) is 3.66. The van der Waals surface area contributed by atoms with Gasteiger partial charge in [0.2, 0.25) is 0 Å². The van der Waals surface area contributed by atoms with Gasteiger partial charge in [-0.3, -0.25) is 0 Å². The maximum atomic E-state index is 11.3. The molecule has 16 heavy (non-hydrogen) atoms. The van der Waals surface area contributed by atoms with E-state index in [1.807, 2.05) is 26.0 Å². The molecule has 1 atom stereocenters. The van der Waals surface area contributed by atoms with Crippen molar-refractivity contribution in [2.75, 3.05) is 5.73 Å². The van der Waals surface area contributed by atoms with Crippen molar-refractivity contribution in [2.24, 2.45) is 0 Å². The lowest BCUT2D eigenvalue weighted by atomic mass is 10.2. The fraction of sp³-hybridized carbons (Fsp3) is 0.308. The Labute approximate surface area is 95.9 Å². The van der Waals surface area contributed by atoms with E-state index in [9.17, 15) is 4.79 Å². The molecule has 86 valence electrons. The Bertz CT molecular complexity index is 385. The van der Waals surface area contributed by atoms with Crippen molar-refractivity contribution in [1.29, 1.82) is 0 Å². The van der Waals surface area contributed by atoms with E-state index >= 15 is 0 Å². The molecule has 2 N–H and O–H groups in total. The van der Waals surface area contributed by atoms with E-state index in [1.165, 1.54) is 6.08 Å². The smallest absolute Gasteiger partial charge is 0.331 e. The molecule has 0 aliphatic heterocycles. The van der Waals surface area contributed by atoms with E-state index in [1.54, 1.807) is 18.2 Å². The summed E-state index contributed by atoms with van der Waals surface area (Å²) in [5, 5.41) is 0. The zero-order valence-electron chi connectivity index (χ0n) is 9.64. The Morgan fingerprint density at radius 1 is 1.56 bits per heavy atom. The van der Waals surface area contributed by atoms with Crippen LogP contribution in [0.2, 0.25) is 0 Å². The van der Waals surface area contributed by atoms with Crippen LogP contribution in [-0.2, 0) is 9.53 Å². The Morgan fingerprint density at radius 3 is 2.94 bits per heavy atom. The zero-order valence-corrected chi connectivity index (χ0v) is 9.64. The first kappa shape index (κ1) is 12.3. The average molecular weight is 219 g/mol. The van der Waals surface area contributed by atoms with Gasteiger partial charge in [-0.25, -0.2) is 4.79 Å². The Kier molecular flexibility index (Phi) is 4.58. The van der Waals surface area contributed by atoms with Crippen LogP contribution >= 0.6 is 0 Å². The number of ether oxygens (including phenoxy) is 1. The molecule has 3 heteroatoms. The van der Waals surface area contributed by atoms with Crippen LogP contribution in [0, 0.1) is 0 Å². The van der Waals surface area contributed by atoms with E-state index in [0.29, 0.717) is 5.69 Å². The van der Waals surface area contributed by atoms with Crippen LogP contribution < -0.4 is 5.73 Å². The lowest BCUT2D eigenvalue weighted by Gasteiger charge is -2.07. The van der Waals surface area contributed by atoms with Gasteiger partial charge in [0.1, 0.15) is 0 Å². The molecule has 1 rings (SSSR count). The van der Waals surface area contributed by atoms with E-state index in [0.717, 1.165) is 12.0 Å². The second kappa shape index (κ2) is 5.95. The summed E-state index contributed by atoms with van der Waals surface area (Å²) >= 11 is 0. The van der Waals surface area contributed by atoms with Crippen LogP contribution in [0.3, 0.4) is 0 Å². The number of anilines is 1. The van der Waals surface area contributed by atoms with Crippen LogP contribution in [0.5, 0.6) is 0 Å². The van der Waals surface area contributed by atoms with Gasteiger partial charge < -0.3 is 10.5 Å². The number of hydrogen-bond acceptors (Lipinski definition) is 3. The van der Waals surface area contributed by atoms with E-state index in [4.69, 9.17) is 10.5 Å². The maximum absolute atomic E-state index is 11.3. The fourth-order valence-electron chi connectivity index (χ4n) is 1.15. The highest BCUT2D eigenvalue weighted by Crippen LogP contribution is 2.08. The number of hydrogen-bond donors (Lipinski definition) is 1. The first-order chi connectivity index (χ1) is 7.61. The molecule has 0 spiro atoms. The predicted octanol–water partition coefficient (Wildman–Crippen LogP) is 2.62. The van der Waals surface area contributed by atoms with Crippen molar-refractivity contribution in [3.05, 3.63) is 35.9 Å². The van der Waals surface area contributed by atoms with Crippen molar-refractivity contribution in [1.82, 2.24) is 0 Å². The van der Waals surface area contributed by atoms with Gasteiger partial charge in [-0.1, -0.05) is 19.1 Å². The van der Waals surface area contributed by atoms with E-state index < -0.39 is 0 Å². The summed E-state index contributed by atoms with van der Waals surface area (Å²) in [6.07, 6.45) is 3.89. The number of nitrogen functional groups attached to an aromatic ring is 1. The van der Waals surface area contributed by atoms with Crippen molar-refractivity contribution in [3.8, 4) is 0 Å². The Balaban J connectivity index is 2.56. The van der Waals surface area contributed by atoms with Gasteiger partial charge in [-0.05, 0) is 37.1 Å². The minimum atomic E-state index is -0.322. The lowest BCUT2D eigenvalue weighted by molar-refractivity contribution is -0.142. The molecule has 0 aromatic heterocycles. The molecule has 0 saturated heterocycles. The monoisotopic (exact) mass is 219 g/mol. The summed E-state index contributed by atoms with van der Waals surface area (Å²) in [7, 11) is 0. The number of carbonyl (C=O) groups is 1. The molecular weight excluding hydrogens is 202 g/mol. The van der Waals surface area contributed by atoms with Crippen molar-refractivity contribution < 1.29 is 9.53 Å². The van der Waals surface area contributed by atoms with Gasteiger partial charge in [0.15, 0.2) is 0 Å². The number of esters is 1. The molecule has 0 radical (unpaired) electrons. The SMILES string of the molecule is CCC(C)OC(=O)/C=C/c1cccc(N)c1. The van der Waals surface area contributed by atoms with Gasteiger partial charge in [-0.15, -0.1) is 0 Å². The predicted molar refractivity (Wildman–Crippen MR) is 65.7 cm³/mol. The zero-order chi connectivity index (χ0) is 12.0. The van der Waals surface area contributed by atoms with Crippen molar-refractivity contribution in [3.63, 3.8) is 0 Å². The third-order valence-corrected chi connectivity index (χ3v) is 2.21. The fourth-order valence-corrected chi connectivity index (χ4v) is 1.15. The standard InChI is InChI=1S/C13H17NO2/c1-3-10(2)16-13(15)8-7-11-5-4-6-12(14)9-11/h4-10H,3,14H2,1-2H3/b8-7+. The highest BCUT2D eigenvalue weighted by molar-refractivity contribution is 5.87. The third-order valence-electron chi connectivity index (χ3n) is 2.21.